The van der Waals surface area contributed by atoms with Gasteiger partial charge in [0, 0.05) is 24.2 Å². The lowest BCUT2D eigenvalue weighted by Gasteiger charge is -2.53. The van der Waals surface area contributed by atoms with E-state index in [-0.39, 0.29) is 0 Å². The molecule has 2 aliphatic rings. The molecule has 96 valence electrons. The van der Waals surface area contributed by atoms with E-state index < -0.39 is 5.97 Å². The van der Waals surface area contributed by atoms with Gasteiger partial charge in [0.25, 0.3) is 0 Å². The Morgan fingerprint density at radius 2 is 1.89 bits per heavy atom. The lowest BCUT2D eigenvalue weighted by molar-refractivity contribution is 0.0697. The largest absolute Gasteiger partial charge is 0.478 e. The van der Waals surface area contributed by atoms with Crippen LogP contribution in [0, 0.1) is 5.41 Å². The van der Waals surface area contributed by atoms with E-state index in [9.17, 15) is 4.79 Å². The Balaban J connectivity index is 1.70. The third-order valence-electron chi connectivity index (χ3n) is 4.43. The van der Waals surface area contributed by atoms with Gasteiger partial charge in [-0.15, -0.1) is 0 Å². The average molecular weight is 245 g/mol. The molecular formula is C15H19NO2. The summed E-state index contributed by atoms with van der Waals surface area (Å²) < 4.78 is 0. The Hall–Kier alpha value is -1.51. The van der Waals surface area contributed by atoms with Gasteiger partial charge >= 0.3 is 5.97 Å². The second-order valence-corrected chi connectivity index (χ2v) is 5.77. The molecule has 1 aliphatic carbocycles. The minimum absolute atomic E-state index is 0.386. The summed E-state index contributed by atoms with van der Waals surface area (Å²) in [4.78, 5) is 13.3. The van der Waals surface area contributed by atoms with Gasteiger partial charge in [-0.05, 0) is 31.0 Å². The van der Waals surface area contributed by atoms with Gasteiger partial charge in [0.15, 0.2) is 0 Å². The van der Waals surface area contributed by atoms with E-state index in [1.54, 1.807) is 12.1 Å². The van der Waals surface area contributed by atoms with Gasteiger partial charge in [-0.25, -0.2) is 4.79 Å². The third kappa shape index (κ3) is 1.98. The van der Waals surface area contributed by atoms with E-state index in [0.717, 1.165) is 18.8 Å². The standard InChI is InChI=1S/C15H19NO2/c17-14(18)12-5-4-6-13(9-12)16-10-15(11-16)7-2-1-3-8-15/h4-6,9H,1-3,7-8,10-11H2,(H,17,18). The van der Waals surface area contributed by atoms with Crippen molar-refractivity contribution < 1.29 is 9.90 Å². The zero-order valence-electron chi connectivity index (χ0n) is 10.6. The molecule has 1 aromatic carbocycles. The molecule has 1 saturated carbocycles. The number of nitrogens with zero attached hydrogens (tertiary/aromatic N) is 1. The number of carboxylic acids is 1. The SMILES string of the molecule is O=C(O)c1cccc(N2CC3(CCCCC3)C2)c1. The number of hydrogen-bond donors (Lipinski definition) is 1. The molecule has 1 N–H and O–H groups in total. The van der Waals surface area contributed by atoms with Crippen LogP contribution in [0.5, 0.6) is 0 Å². The molecular weight excluding hydrogens is 226 g/mol. The van der Waals surface area contributed by atoms with Crippen LogP contribution in [-0.4, -0.2) is 24.2 Å². The highest BCUT2D eigenvalue weighted by atomic mass is 16.4. The average Bonchev–Trinajstić information content (AvgIpc) is 2.37. The summed E-state index contributed by atoms with van der Waals surface area (Å²) in [6, 6.07) is 7.30. The lowest BCUT2D eigenvalue weighted by Crippen LogP contribution is -2.57. The smallest absolute Gasteiger partial charge is 0.335 e. The fourth-order valence-electron chi connectivity index (χ4n) is 3.40. The number of anilines is 1. The highest BCUT2D eigenvalue weighted by Gasteiger charge is 2.43. The first-order valence-electron chi connectivity index (χ1n) is 6.77. The molecule has 0 aromatic heterocycles. The molecule has 0 atom stereocenters. The van der Waals surface area contributed by atoms with Gasteiger partial charge in [0.2, 0.25) is 0 Å². The van der Waals surface area contributed by atoms with Crippen LogP contribution < -0.4 is 4.90 Å². The van der Waals surface area contributed by atoms with Crippen LogP contribution >= 0.6 is 0 Å². The first-order chi connectivity index (χ1) is 8.69. The van der Waals surface area contributed by atoms with Crippen LogP contribution in [0.3, 0.4) is 0 Å². The van der Waals surface area contributed by atoms with Crippen molar-refractivity contribution in [1.29, 1.82) is 0 Å². The zero-order chi connectivity index (χ0) is 12.6. The van der Waals surface area contributed by atoms with Crippen molar-refractivity contribution in [3.05, 3.63) is 29.8 Å². The quantitative estimate of drug-likeness (QED) is 0.870. The molecule has 3 nitrogen and oxygen atoms in total. The summed E-state index contributed by atoms with van der Waals surface area (Å²) in [6.45, 7) is 2.21. The summed E-state index contributed by atoms with van der Waals surface area (Å²) in [5.41, 5.74) is 1.99. The van der Waals surface area contributed by atoms with E-state index in [0.29, 0.717) is 11.0 Å². The minimum atomic E-state index is -0.843. The van der Waals surface area contributed by atoms with Crippen molar-refractivity contribution in [3.63, 3.8) is 0 Å². The number of rotatable bonds is 2. The van der Waals surface area contributed by atoms with Gasteiger partial charge in [0.05, 0.1) is 5.56 Å². The molecule has 1 saturated heterocycles. The van der Waals surface area contributed by atoms with Crippen LogP contribution in [0.25, 0.3) is 0 Å². The molecule has 18 heavy (non-hydrogen) atoms. The molecule has 0 amide bonds. The van der Waals surface area contributed by atoms with Crippen LogP contribution in [0.15, 0.2) is 24.3 Å². The highest BCUT2D eigenvalue weighted by Crippen LogP contribution is 2.45. The predicted molar refractivity (Wildman–Crippen MR) is 71.1 cm³/mol. The van der Waals surface area contributed by atoms with E-state index in [2.05, 4.69) is 4.90 Å². The first-order valence-corrected chi connectivity index (χ1v) is 6.77. The molecule has 1 aromatic rings. The molecule has 3 rings (SSSR count). The normalized spacial score (nSPS) is 21.7. The maximum Gasteiger partial charge on any atom is 0.335 e. The Labute approximate surface area is 107 Å². The van der Waals surface area contributed by atoms with Gasteiger partial charge in [-0.3, -0.25) is 0 Å². The summed E-state index contributed by atoms with van der Waals surface area (Å²) >= 11 is 0. The van der Waals surface area contributed by atoms with Crippen molar-refractivity contribution in [3.8, 4) is 0 Å². The van der Waals surface area contributed by atoms with Gasteiger partial charge in [-0.2, -0.15) is 0 Å². The number of carboxylic acid groups (broad SMARTS) is 1. The molecule has 0 unspecified atom stereocenters. The summed E-state index contributed by atoms with van der Waals surface area (Å²) in [5.74, 6) is -0.843. The molecule has 2 fully saturated rings. The highest BCUT2D eigenvalue weighted by molar-refractivity contribution is 5.88. The number of benzene rings is 1. The maximum atomic E-state index is 11.0. The van der Waals surface area contributed by atoms with Crippen molar-refractivity contribution in [2.75, 3.05) is 18.0 Å². The van der Waals surface area contributed by atoms with Crippen molar-refractivity contribution in [2.45, 2.75) is 32.1 Å². The summed E-state index contributed by atoms with van der Waals surface area (Å²) in [5, 5.41) is 9.01. The Morgan fingerprint density at radius 1 is 1.17 bits per heavy atom. The number of hydrogen-bond acceptors (Lipinski definition) is 2. The van der Waals surface area contributed by atoms with Crippen LogP contribution in [0.1, 0.15) is 42.5 Å². The molecule has 3 heteroatoms. The fraction of sp³-hybridized carbons (Fsp3) is 0.533. The van der Waals surface area contributed by atoms with Crippen LogP contribution in [-0.2, 0) is 0 Å². The lowest BCUT2D eigenvalue weighted by atomic mass is 9.68. The van der Waals surface area contributed by atoms with Crippen LogP contribution in [0.4, 0.5) is 5.69 Å². The predicted octanol–water partition coefficient (Wildman–Crippen LogP) is 3.16. The molecule has 1 heterocycles. The second-order valence-electron chi connectivity index (χ2n) is 5.77. The van der Waals surface area contributed by atoms with Gasteiger partial charge in [-0.1, -0.05) is 25.3 Å². The Kier molecular flexibility index (Phi) is 2.77. The van der Waals surface area contributed by atoms with Crippen LogP contribution in [0.2, 0.25) is 0 Å². The van der Waals surface area contributed by atoms with E-state index in [1.807, 2.05) is 12.1 Å². The third-order valence-corrected chi connectivity index (χ3v) is 4.43. The molecule has 1 aliphatic heterocycles. The maximum absolute atomic E-state index is 11.0. The van der Waals surface area contributed by atoms with E-state index in [1.165, 1.54) is 32.1 Å². The Morgan fingerprint density at radius 3 is 2.56 bits per heavy atom. The van der Waals surface area contributed by atoms with Crippen molar-refractivity contribution in [2.24, 2.45) is 5.41 Å². The van der Waals surface area contributed by atoms with Crippen molar-refractivity contribution in [1.82, 2.24) is 0 Å². The summed E-state index contributed by atoms with van der Waals surface area (Å²) in [6.07, 6.45) is 6.81. The first kappa shape index (κ1) is 11.6. The second kappa shape index (κ2) is 4.30. The minimum Gasteiger partial charge on any atom is -0.478 e. The van der Waals surface area contributed by atoms with Crippen molar-refractivity contribution >= 4 is 11.7 Å². The topological polar surface area (TPSA) is 40.5 Å². The number of carbonyl (C=O) groups is 1. The fourth-order valence-corrected chi connectivity index (χ4v) is 3.40. The zero-order valence-corrected chi connectivity index (χ0v) is 10.6. The van der Waals surface area contributed by atoms with E-state index in [4.69, 9.17) is 5.11 Å². The molecule has 1 spiro atoms. The Bertz CT molecular complexity index is 455. The molecule has 0 bridgehead atoms. The van der Waals surface area contributed by atoms with Gasteiger partial charge < -0.3 is 10.0 Å². The number of aromatic carboxylic acids is 1. The molecule has 0 radical (unpaired) electrons. The van der Waals surface area contributed by atoms with Gasteiger partial charge in [0.1, 0.15) is 0 Å². The monoisotopic (exact) mass is 245 g/mol. The van der Waals surface area contributed by atoms with E-state index >= 15 is 0 Å². The summed E-state index contributed by atoms with van der Waals surface area (Å²) in [7, 11) is 0.